The van der Waals surface area contributed by atoms with E-state index in [-0.39, 0.29) is 11.5 Å². The molecular weight excluding hydrogens is 338 g/mol. The maximum absolute atomic E-state index is 12.4. The standard InChI is InChI=1S/C18H13N3OS2/c19-10-14(16(22)12-23-17-8-4-5-9-20-17)18-21-15(11-24-18)13-6-2-1-3-7-13/h1-9,11,14H,12H2/t14-/m0/s1. The van der Waals surface area contributed by atoms with Crippen LogP contribution in [0.2, 0.25) is 0 Å². The Hall–Kier alpha value is -2.49. The maximum atomic E-state index is 12.4. The first kappa shape index (κ1) is 16.4. The molecule has 6 heteroatoms. The Morgan fingerprint density at radius 3 is 2.71 bits per heavy atom. The van der Waals surface area contributed by atoms with Crippen molar-refractivity contribution in [3.05, 3.63) is 65.1 Å². The van der Waals surface area contributed by atoms with Crippen molar-refractivity contribution in [2.24, 2.45) is 0 Å². The molecule has 0 aliphatic carbocycles. The van der Waals surface area contributed by atoms with Gasteiger partial charge in [-0.15, -0.1) is 11.3 Å². The molecule has 0 bridgehead atoms. The molecule has 24 heavy (non-hydrogen) atoms. The zero-order chi connectivity index (χ0) is 16.8. The topological polar surface area (TPSA) is 66.6 Å². The van der Waals surface area contributed by atoms with Gasteiger partial charge in [0.25, 0.3) is 0 Å². The molecule has 3 aromatic rings. The number of rotatable bonds is 6. The third-order valence-electron chi connectivity index (χ3n) is 3.29. The van der Waals surface area contributed by atoms with Gasteiger partial charge in [-0.2, -0.15) is 5.26 Å². The summed E-state index contributed by atoms with van der Waals surface area (Å²) in [6.07, 6.45) is 1.68. The molecule has 3 rings (SSSR count). The molecular formula is C18H13N3OS2. The highest BCUT2D eigenvalue weighted by atomic mass is 32.2. The van der Waals surface area contributed by atoms with Gasteiger partial charge < -0.3 is 0 Å². The van der Waals surface area contributed by atoms with Gasteiger partial charge in [-0.1, -0.05) is 48.2 Å². The van der Waals surface area contributed by atoms with Gasteiger partial charge in [0, 0.05) is 17.1 Å². The van der Waals surface area contributed by atoms with Crippen LogP contribution in [0.15, 0.2) is 65.1 Å². The lowest BCUT2D eigenvalue weighted by Crippen LogP contribution is -2.13. The fourth-order valence-electron chi connectivity index (χ4n) is 2.09. The summed E-state index contributed by atoms with van der Waals surface area (Å²) in [5.41, 5.74) is 1.77. The molecule has 0 amide bonds. The van der Waals surface area contributed by atoms with Crippen LogP contribution in [-0.4, -0.2) is 21.5 Å². The van der Waals surface area contributed by atoms with E-state index in [1.54, 1.807) is 6.20 Å². The molecule has 0 unspecified atom stereocenters. The van der Waals surface area contributed by atoms with E-state index < -0.39 is 5.92 Å². The van der Waals surface area contributed by atoms with Crippen molar-refractivity contribution in [1.29, 1.82) is 5.26 Å². The fraction of sp³-hybridized carbons (Fsp3) is 0.111. The molecule has 0 aliphatic rings. The monoisotopic (exact) mass is 351 g/mol. The molecule has 2 heterocycles. The number of benzene rings is 1. The number of thioether (sulfide) groups is 1. The molecule has 2 aromatic heterocycles. The lowest BCUT2D eigenvalue weighted by Gasteiger charge is -2.04. The molecule has 0 spiro atoms. The average molecular weight is 351 g/mol. The van der Waals surface area contributed by atoms with Gasteiger partial charge in [0.1, 0.15) is 5.01 Å². The van der Waals surface area contributed by atoms with Gasteiger partial charge in [0.15, 0.2) is 11.7 Å². The normalized spacial score (nSPS) is 11.6. The summed E-state index contributed by atoms with van der Waals surface area (Å²) < 4.78 is 0. The number of pyridine rings is 1. The number of hydrogen-bond donors (Lipinski definition) is 0. The highest BCUT2D eigenvalue weighted by molar-refractivity contribution is 7.99. The summed E-state index contributed by atoms with van der Waals surface area (Å²) in [4.78, 5) is 21.0. The van der Waals surface area contributed by atoms with Crippen molar-refractivity contribution in [1.82, 2.24) is 9.97 Å². The van der Waals surface area contributed by atoms with Crippen LogP contribution in [-0.2, 0) is 4.79 Å². The number of ketones is 1. The van der Waals surface area contributed by atoms with E-state index in [0.717, 1.165) is 16.3 Å². The Kier molecular flexibility index (Phi) is 5.36. The molecule has 1 atom stereocenters. The molecule has 1 aromatic carbocycles. The summed E-state index contributed by atoms with van der Waals surface area (Å²) in [6, 6.07) is 17.3. The number of hydrogen-bond acceptors (Lipinski definition) is 6. The highest BCUT2D eigenvalue weighted by Crippen LogP contribution is 2.28. The Morgan fingerprint density at radius 2 is 2.00 bits per heavy atom. The predicted octanol–water partition coefficient (Wildman–Crippen LogP) is 4.17. The van der Waals surface area contributed by atoms with Crippen LogP contribution in [0.5, 0.6) is 0 Å². The van der Waals surface area contributed by atoms with E-state index in [1.165, 1.54) is 23.1 Å². The molecule has 4 nitrogen and oxygen atoms in total. The van der Waals surface area contributed by atoms with Crippen molar-refractivity contribution in [3.8, 4) is 17.3 Å². The van der Waals surface area contributed by atoms with Crippen LogP contribution in [0.1, 0.15) is 10.9 Å². The van der Waals surface area contributed by atoms with Gasteiger partial charge in [-0.3, -0.25) is 4.79 Å². The summed E-state index contributed by atoms with van der Waals surface area (Å²) in [7, 11) is 0. The van der Waals surface area contributed by atoms with Crippen molar-refractivity contribution in [3.63, 3.8) is 0 Å². The highest BCUT2D eigenvalue weighted by Gasteiger charge is 2.24. The van der Waals surface area contributed by atoms with Crippen LogP contribution >= 0.6 is 23.1 Å². The summed E-state index contributed by atoms with van der Waals surface area (Å²) in [6.45, 7) is 0. The Balaban J connectivity index is 1.71. The van der Waals surface area contributed by atoms with E-state index in [9.17, 15) is 10.1 Å². The van der Waals surface area contributed by atoms with Crippen LogP contribution in [0, 0.1) is 11.3 Å². The minimum Gasteiger partial charge on any atom is -0.297 e. The van der Waals surface area contributed by atoms with Gasteiger partial charge in [-0.25, -0.2) is 9.97 Å². The van der Waals surface area contributed by atoms with E-state index in [1.807, 2.05) is 53.9 Å². The lowest BCUT2D eigenvalue weighted by molar-refractivity contribution is -0.116. The van der Waals surface area contributed by atoms with E-state index in [2.05, 4.69) is 16.0 Å². The molecule has 0 fully saturated rings. The summed E-state index contributed by atoms with van der Waals surface area (Å²) in [5, 5.41) is 12.6. The van der Waals surface area contributed by atoms with Gasteiger partial charge >= 0.3 is 0 Å². The van der Waals surface area contributed by atoms with E-state index in [4.69, 9.17) is 0 Å². The van der Waals surface area contributed by atoms with Crippen LogP contribution in [0.25, 0.3) is 11.3 Å². The maximum Gasteiger partial charge on any atom is 0.167 e. The lowest BCUT2D eigenvalue weighted by atomic mass is 10.1. The summed E-state index contributed by atoms with van der Waals surface area (Å²) >= 11 is 2.68. The molecule has 0 N–H and O–H groups in total. The summed E-state index contributed by atoms with van der Waals surface area (Å²) in [5.74, 6) is -0.777. The van der Waals surface area contributed by atoms with Crippen molar-refractivity contribution >= 4 is 28.9 Å². The number of nitrogens with zero attached hydrogens (tertiary/aromatic N) is 3. The number of carbonyl (C=O) groups is 1. The average Bonchev–Trinajstić information content (AvgIpc) is 3.12. The molecule has 0 saturated carbocycles. The number of aromatic nitrogens is 2. The Bertz CT molecular complexity index is 857. The van der Waals surface area contributed by atoms with Gasteiger partial charge in [-0.05, 0) is 12.1 Å². The van der Waals surface area contributed by atoms with Crippen molar-refractivity contribution in [2.45, 2.75) is 10.9 Å². The molecule has 0 radical (unpaired) electrons. The number of thiazole rings is 1. The minimum absolute atomic E-state index is 0.151. The third-order valence-corrected chi connectivity index (χ3v) is 5.17. The Morgan fingerprint density at radius 1 is 1.21 bits per heavy atom. The predicted molar refractivity (Wildman–Crippen MR) is 95.9 cm³/mol. The SMILES string of the molecule is N#C[C@@H](C(=O)CSc1ccccn1)c1nc(-c2ccccc2)cs1. The zero-order valence-electron chi connectivity index (χ0n) is 12.6. The third kappa shape index (κ3) is 3.88. The number of carbonyl (C=O) groups excluding carboxylic acids is 1. The number of nitriles is 1. The molecule has 0 saturated heterocycles. The number of Topliss-reactive ketones (excluding diaryl/α,β-unsaturated/α-hetero) is 1. The first-order valence-corrected chi connectivity index (χ1v) is 9.11. The Labute approximate surface area is 148 Å². The first-order chi connectivity index (χ1) is 11.8. The van der Waals surface area contributed by atoms with E-state index >= 15 is 0 Å². The first-order valence-electron chi connectivity index (χ1n) is 7.25. The second kappa shape index (κ2) is 7.86. The molecule has 0 aliphatic heterocycles. The molecule has 118 valence electrons. The van der Waals surface area contributed by atoms with Crippen LogP contribution < -0.4 is 0 Å². The largest absolute Gasteiger partial charge is 0.297 e. The quantitative estimate of drug-likeness (QED) is 0.623. The zero-order valence-corrected chi connectivity index (χ0v) is 14.3. The van der Waals surface area contributed by atoms with Crippen LogP contribution in [0.4, 0.5) is 0 Å². The van der Waals surface area contributed by atoms with Crippen LogP contribution in [0.3, 0.4) is 0 Å². The van der Waals surface area contributed by atoms with Crippen molar-refractivity contribution < 1.29 is 4.79 Å². The van der Waals surface area contributed by atoms with E-state index in [0.29, 0.717) is 5.01 Å². The fourth-order valence-corrected chi connectivity index (χ4v) is 3.75. The van der Waals surface area contributed by atoms with Gasteiger partial charge in [0.05, 0.1) is 22.5 Å². The van der Waals surface area contributed by atoms with Gasteiger partial charge in [0.2, 0.25) is 0 Å². The second-order valence-corrected chi connectivity index (χ2v) is 6.81. The van der Waals surface area contributed by atoms with Crippen molar-refractivity contribution in [2.75, 3.05) is 5.75 Å². The second-order valence-electron chi connectivity index (χ2n) is 4.92. The smallest absolute Gasteiger partial charge is 0.167 e. The minimum atomic E-state index is -0.830.